The number of nitrogens with zero attached hydrogens (tertiary/aromatic N) is 4. The average molecular weight is 469 g/mol. The van der Waals surface area contributed by atoms with E-state index < -0.39 is 11.6 Å². The van der Waals surface area contributed by atoms with Crippen molar-refractivity contribution in [2.24, 2.45) is 0 Å². The van der Waals surface area contributed by atoms with Gasteiger partial charge in [-0.05, 0) is 41.9 Å². The van der Waals surface area contributed by atoms with Gasteiger partial charge in [-0.1, -0.05) is 5.16 Å². The molecule has 2 aromatic heterocycles. The molecule has 7 nitrogen and oxygen atoms in total. The number of hydrogen-bond acceptors (Lipinski definition) is 5. The Kier molecular flexibility index (Phi) is 6.31. The first-order chi connectivity index (χ1) is 13.8. The Balaban J connectivity index is 1.77. The van der Waals surface area contributed by atoms with Crippen molar-refractivity contribution in [1.82, 2.24) is 19.8 Å². The number of carbonyl (C=O) groups is 1. The molecule has 3 rings (SSSR count). The van der Waals surface area contributed by atoms with Gasteiger partial charge in [0, 0.05) is 19.7 Å². The number of aryl methyl sites for hydroxylation is 2. The van der Waals surface area contributed by atoms with E-state index in [1.807, 2.05) is 6.92 Å². The molecule has 0 unspecified atom stereocenters. The van der Waals surface area contributed by atoms with Crippen LogP contribution in [0.15, 0.2) is 33.4 Å². The smallest absolute Gasteiger partial charge is 0.276 e. The number of benzene rings is 1. The van der Waals surface area contributed by atoms with Gasteiger partial charge < -0.3 is 14.2 Å². The molecule has 10 heteroatoms. The molecule has 0 atom stereocenters. The van der Waals surface area contributed by atoms with Gasteiger partial charge in [-0.25, -0.2) is 8.78 Å². The number of hydrogen-bond donors (Lipinski definition) is 0. The molecule has 0 spiro atoms. The van der Waals surface area contributed by atoms with E-state index in [1.165, 1.54) is 11.0 Å². The minimum absolute atomic E-state index is 0.0752. The lowest BCUT2D eigenvalue weighted by Crippen LogP contribution is -2.29. The zero-order chi connectivity index (χ0) is 21.1. The second-order valence-corrected chi connectivity index (χ2v) is 7.20. The van der Waals surface area contributed by atoms with Crippen LogP contribution in [0.4, 0.5) is 8.78 Å². The minimum Gasteiger partial charge on any atom is -0.486 e. The fourth-order valence-electron chi connectivity index (χ4n) is 2.77. The molecule has 29 heavy (non-hydrogen) atoms. The molecule has 0 aliphatic rings. The Morgan fingerprint density at radius 3 is 2.83 bits per heavy atom. The van der Waals surface area contributed by atoms with Crippen molar-refractivity contribution < 1.29 is 22.8 Å². The largest absolute Gasteiger partial charge is 0.486 e. The topological polar surface area (TPSA) is 73.4 Å². The quantitative estimate of drug-likeness (QED) is 0.521. The van der Waals surface area contributed by atoms with Crippen LogP contribution in [-0.2, 0) is 19.7 Å². The first-order valence-electron chi connectivity index (χ1n) is 8.80. The van der Waals surface area contributed by atoms with Gasteiger partial charge in [0.2, 0.25) is 0 Å². The maximum atomic E-state index is 13.8. The van der Waals surface area contributed by atoms with Crippen molar-refractivity contribution in [3.05, 3.63) is 63.2 Å². The monoisotopic (exact) mass is 468 g/mol. The predicted octanol–water partition coefficient (Wildman–Crippen LogP) is 4.09. The number of ether oxygens (including phenoxy) is 1. The molecule has 0 N–H and O–H groups in total. The van der Waals surface area contributed by atoms with Crippen molar-refractivity contribution in [2.75, 3.05) is 7.05 Å². The highest BCUT2D eigenvalue weighted by molar-refractivity contribution is 9.10. The Hall–Kier alpha value is -2.75. The highest BCUT2D eigenvalue weighted by atomic mass is 79.9. The van der Waals surface area contributed by atoms with Crippen LogP contribution in [0.1, 0.15) is 34.4 Å². The van der Waals surface area contributed by atoms with Crippen LogP contribution in [0.3, 0.4) is 0 Å². The maximum Gasteiger partial charge on any atom is 0.276 e. The third-order valence-corrected chi connectivity index (χ3v) is 5.05. The van der Waals surface area contributed by atoms with Gasteiger partial charge in [0.05, 0.1) is 28.5 Å². The van der Waals surface area contributed by atoms with Crippen molar-refractivity contribution in [1.29, 1.82) is 0 Å². The Morgan fingerprint density at radius 2 is 2.14 bits per heavy atom. The fourth-order valence-corrected chi connectivity index (χ4v) is 3.19. The van der Waals surface area contributed by atoms with Crippen LogP contribution in [-0.4, -0.2) is 32.8 Å². The number of halogens is 3. The molecule has 0 fully saturated rings. The third-order valence-electron chi connectivity index (χ3n) is 4.38. The fraction of sp³-hybridized carbons (Fsp3) is 0.316. The zero-order valence-electron chi connectivity index (χ0n) is 16.1. The van der Waals surface area contributed by atoms with Gasteiger partial charge in [-0.3, -0.25) is 9.48 Å². The summed E-state index contributed by atoms with van der Waals surface area (Å²) in [7, 11) is 1.63. The van der Waals surface area contributed by atoms with Gasteiger partial charge in [0.25, 0.3) is 5.91 Å². The summed E-state index contributed by atoms with van der Waals surface area (Å²) >= 11 is 3.44. The minimum atomic E-state index is -0.832. The van der Waals surface area contributed by atoms with Crippen LogP contribution in [0.2, 0.25) is 0 Å². The summed E-state index contributed by atoms with van der Waals surface area (Å²) in [6.45, 7) is 4.39. The first-order valence-corrected chi connectivity index (χ1v) is 9.59. The predicted molar refractivity (Wildman–Crippen MR) is 103 cm³/mol. The first kappa shape index (κ1) is 21.0. The lowest BCUT2D eigenvalue weighted by atomic mass is 10.2. The highest BCUT2D eigenvalue weighted by Crippen LogP contribution is 2.23. The van der Waals surface area contributed by atoms with Crippen molar-refractivity contribution in [2.45, 2.75) is 33.5 Å². The van der Waals surface area contributed by atoms with E-state index in [1.54, 1.807) is 24.9 Å². The third kappa shape index (κ3) is 4.47. The summed E-state index contributed by atoms with van der Waals surface area (Å²) in [5.74, 6) is -1.66. The van der Waals surface area contributed by atoms with Crippen LogP contribution in [0.25, 0.3) is 0 Å². The van der Waals surface area contributed by atoms with Gasteiger partial charge in [-0.15, -0.1) is 0 Å². The van der Waals surface area contributed by atoms with Crippen LogP contribution >= 0.6 is 15.9 Å². The van der Waals surface area contributed by atoms with Crippen molar-refractivity contribution in [3.63, 3.8) is 0 Å². The molecule has 2 heterocycles. The lowest BCUT2D eigenvalue weighted by molar-refractivity contribution is 0.0768. The molecule has 1 amide bonds. The average Bonchev–Trinajstić information content (AvgIpc) is 3.23. The molecule has 0 radical (unpaired) electrons. The van der Waals surface area contributed by atoms with E-state index >= 15 is 0 Å². The summed E-state index contributed by atoms with van der Waals surface area (Å²) in [5.41, 5.74) is 1.31. The SMILES string of the molecule is CCn1ncc(Br)c1CN(C)C(=O)c1noc(C)c1COc1ccc(F)cc1F. The van der Waals surface area contributed by atoms with E-state index in [0.29, 0.717) is 24.4 Å². The molecular formula is C19H19BrF2N4O3. The van der Waals surface area contributed by atoms with E-state index in [0.717, 1.165) is 22.3 Å². The summed E-state index contributed by atoms with van der Waals surface area (Å²) in [5, 5.41) is 8.08. The van der Waals surface area contributed by atoms with Crippen LogP contribution in [0.5, 0.6) is 5.75 Å². The summed E-state index contributed by atoms with van der Waals surface area (Å²) < 4.78 is 40.0. The molecule has 0 saturated heterocycles. The molecule has 0 aliphatic carbocycles. The van der Waals surface area contributed by atoms with E-state index in [-0.39, 0.29) is 24.0 Å². The standard InChI is InChI=1S/C19H19BrF2N4O3/c1-4-26-16(14(20)8-23-26)9-25(3)19(27)18-13(11(2)29-24-18)10-28-17-6-5-12(21)7-15(17)22/h5-8H,4,9-10H2,1-3H3. The van der Waals surface area contributed by atoms with Gasteiger partial charge >= 0.3 is 0 Å². The Bertz CT molecular complexity index is 1030. The van der Waals surface area contributed by atoms with Gasteiger partial charge in [0.15, 0.2) is 17.3 Å². The summed E-state index contributed by atoms with van der Waals surface area (Å²) in [4.78, 5) is 14.4. The summed E-state index contributed by atoms with van der Waals surface area (Å²) in [6, 6.07) is 3.00. The zero-order valence-corrected chi connectivity index (χ0v) is 17.7. The molecule has 0 saturated carbocycles. The molecule has 154 valence electrons. The summed E-state index contributed by atoms with van der Waals surface area (Å²) in [6.07, 6.45) is 1.67. The second kappa shape index (κ2) is 8.73. The number of aromatic nitrogens is 3. The number of amides is 1. The van der Waals surface area contributed by atoms with Crippen LogP contribution < -0.4 is 4.74 Å². The Labute approximate surface area is 174 Å². The van der Waals surface area contributed by atoms with Crippen molar-refractivity contribution in [3.8, 4) is 5.75 Å². The molecule has 1 aromatic carbocycles. The van der Waals surface area contributed by atoms with E-state index in [2.05, 4.69) is 26.2 Å². The van der Waals surface area contributed by atoms with Gasteiger partial charge in [0.1, 0.15) is 18.2 Å². The molecule has 0 aliphatic heterocycles. The highest BCUT2D eigenvalue weighted by Gasteiger charge is 2.25. The van der Waals surface area contributed by atoms with E-state index in [4.69, 9.17) is 9.26 Å². The van der Waals surface area contributed by atoms with E-state index in [9.17, 15) is 13.6 Å². The molecular weight excluding hydrogens is 450 g/mol. The van der Waals surface area contributed by atoms with Crippen molar-refractivity contribution >= 4 is 21.8 Å². The molecule has 3 aromatic rings. The Morgan fingerprint density at radius 1 is 1.38 bits per heavy atom. The second-order valence-electron chi connectivity index (χ2n) is 6.35. The molecule has 0 bridgehead atoms. The van der Waals surface area contributed by atoms with Gasteiger partial charge in [-0.2, -0.15) is 5.10 Å². The normalized spacial score (nSPS) is 11.0. The number of carbonyl (C=O) groups excluding carboxylic acids is 1. The van der Waals surface area contributed by atoms with Crippen LogP contribution in [0, 0.1) is 18.6 Å². The lowest BCUT2D eigenvalue weighted by Gasteiger charge is -2.17. The maximum absolute atomic E-state index is 13.8. The number of rotatable bonds is 7.